The third kappa shape index (κ3) is 6.09. The number of sulfone groups is 1. The van der Waals surface area contributed by atoms with Gasteiger partial charge in [0.1, 0.15) is 0 Å². The van der Waals surface area contributed by atoms with Gasteiger partial charge < -0.3 is 5.32 Å². The number of fused-ring (bicyclic) bond motifs is 1. The standard InChI is InChI=1S/C33H27Cl2N3O3S/c1-33(2,42(3,40)41)26-17-25-8-5-15-37-31(25)27(18-26)24-7-4-6-23(16-24)22-12-9-21(10-13-22)11-14-30(39)38-32-28(34)19-36-20-29(32)35/h4-20H,1-3H3,(H,36,38,39). The summed E-state index contributed by atoms with van der Waals surface area (Å²) in [4.78, 5) is 20.9. The van der Waals surface area contributed by atoms with Crippen LogP contribution in [0.15, 0.2) is 97.5 Å². The zero-order valence-electron chi connectivity index (χ0n) is 23.1. The van der Waals surface area contributed by atoms with Crippen LogP contribution in [0.5, 0.6) is 0 Å². The van der Waals surface area contributed by atoms with Crippen LogP contribution in [0.3, 0.4) is 0 Å². The van der Waals surface area contributed by atoms with Crippen molar-refractivity contribution in [2.75, 3.05) is 11.6 Å². The maximum atomic E-state index is 12.6. The Morgan fingerprint density at radius 1 is 0.881 bits per heavy atom. The molecule has 0 spiro atoms. The summed E-state index contributed by atoms with van der Waals surface area (Å²) in [5.41, 5.74) is 6.42. The predicted octanol–water partition coefficient (Wildman–Crippen LogP) is 8.20. The first-order valence-electron chi connectivity index (χ1n) is 13.0. The summed E-state index contributed by atoms with van der Waals surface area (Å²) in [5.74, 6) is -0.371. The van der Waals surface area contributed by atoms with E-state index in [-0.39, 0.29) is 16.0 Å². The van der Waals surface area contributed by atoms with E-state index >= 15 is 0 Å². The minimum Gasteiger partial charge on any atom is -0.320 e. The molecule has 0 saturated carbocycles. The Morgan fingerprint density at radius 3 is 2.26 bits per heavy atom. The van der Waals surface area contributed by atoms with Crippen LogP contribution in [-0.2, 0) is 19.4 Å². The van der Waals surface area contributed by atoms with Crippen molar-refractivity contribution in [3.63, 3.8) is 0 Å². The summed E-state index contributed by atoms with van der Waals surface area (Å²) in [6.07, 6.45) is 8.93. The summed E-state index contributed by atoms with van der Waals surface area (Å²) in [6.45, 7) is 3.45. The Morgan fingerprint density at radius 2 is 1.57 bits per heavy atom. The van der Waals surface area contributed by atoms with Gasteiger partial charge in [0.05, 0.1) is 26.0 Å². The molecule has 0 atom stereocenters. The van der Waals surface area contributed by atoms with Gasteiger partial charge >= 0.3 is 0 Å². The number of aromatic nitrogens is 2. The molecule has 0 aliphatic carbocycles. The molecule has 6 nitrogen and oxygen atoms in total. The summed E-state index contributed by atoms with van der Waals surface area (Å²) in [6, 6.07) is 23.5. The predicted molar refractivity (Wildman–Crippen MR) is 172 cm³/mol. The fraction of sp³-hybridized carbons (Fsp3) is 0.121. The monoisotopic (exact) mass is 615 g/mol. The van der Waals surface area contributed by atoms with E-state index in [1.54, 1.807) is 26.1 Å². The summed E-state index contributed by atoms with van der Waals surface area (Å²) < 4.78 is 24.2. The molecule has 42 heavy (non-hydrogen) atoms. The first-order valence-corrected chi connectivity index (χ1v) is 15.7. The second-order valence-corrected chi connectivity index (χ2v) is 13.8. The molecule has 0 bridgehead atoms. The van der Waals surface area contributed by atoms with Gasteiger partial charge in [0, 0.05) is 41.9 Å². The van der Waals surface area contributed by atoms with Crippen LogP contribution in [-0.4, -0.2) is 30.5 Å². The maximum absolute atomic E-state index is 12.6. The number of hydrogen-bond donors (Lipinski definition) is 1. The number of carbonyl (C=O) groups excluding carboxylic acids is 1. The van der Waals surface area contributed by atoms with E-state index in [4.69, 9.17) is 23.2 Å². The molecule has 5 aromatic rings. The third-order valence-corrected chi connectivity index (χ3v) is 9.94. The van der Waals surface area contributed by atoms with Crippen LogP contribution in [0.2, 0.25) is 10.0 Å². The molecule has 0 saturated heterocycles. The normalized spacial score (nSPS) is 12.1. The quantitative estimate of drug-likeness (QED) is 0.186. The van der Waals surface area contributed by atoms with Crippen LogP contribution in [0.25, 0.3) is 39.2 Å². The number of pyridine rings is 2. The van der Waals surface area contributed by atoms with Crippen molar-refractivity contribution in [1.82, 2.24) is 9.97 Å². The number of halogens is 2. The number of nitrogens with one attached hydrogen (secondary N) is 1. The van der Waals surface area contributed by atoms with E-state index in [0.717, 1.165) is 38.7 Å². The first kappa shape index (κ1) is 29.5. The topological polar surface area (TPSA) is 89.0 Å². The molecule has 0 unspecified atom stereocenters. The lowest BCUT2D eigenvalue weighted by molar-refractivity contribution is -0.111. The van der Waals surface area contributed by atoms with E-state index in [9.17, 15) is 13.2 Å². The summed E-state index contributed by atoms with van der Waals surface area (Å²) in [5, 5.41) is 4.06. The molecule has 212 valence electrons. The highest BCUT2D eigenvalue weighted by Crippen LogP contribution is 2.37. The molecule has 2 aromatic heterocycles. The number of hydrogen-bond acceptors (Lipinski definition) is 5. The number of carbonyl (C=O) groups is 1. The van der Waals surface area contributed by atoms with E-state index in [0.29, 0.717) is 11.3 Å². The number of benzene rings is 3. The number of nitrogens with zero attached hydrogens (tertiary/aromatic N) is 2. The van der Waals surface area contributed by atoms with E-state index in [1.807, 2.05) is 66.7 Å². The Hall–Kier alpha value is -4.04. The van der Waals surface area contributed by atoms with Crippen LogP contribution in [0.4, 0.5) is 5.69 Å². The largest absolute Gasteiger partial charge is 0.320 e. The van der Waals surface area contributed by atoms with Gasteiger partial charge in [-0.2, -0.15) is 0 Å². The van der Waals surface area contributed by atoms with Crippen LogP contribution in [0.1, 0.15) is 25.0 Å². The highest BCUT2D eigenvalue weighted by Gasteiger charge is 2.33. The molecule has 0 fully saturated rings. The van der Waals surface area contributed by atoms with Gasteiger partial charge in [0.15, 0.2) is 9.84 Å². The zero-order valence-corrected chi connectivity index (χ0v) is 25.4. The fourth-order valence-corrected chi connectivity index (χ4v) is 5.50. The fourth-order valence-electron chi connectivity index (χ4n) is 4.49. The number of anilines is 1. The maximum Gasteiger partial charge on any atom is 0.248 e. The number of rotatable bonds is 7. The minimum atomic E-state index is -3.37. The second-order valence-electron chi connectivity index (χ2n) is 10.4. The highest BCUT2D eigenvalue weighted by atomic mass is 35.5. The first-order chi connectivity index (χ1) is 19.9. The van der Waals surface area contributed by atoms with E-state index < -0.39 is 14.6 Å². The SMILES string of the molecule is CC(C)(c1cc(-c2cccc(-c3ccc(C=CC(=O)Nc4c(Cl)cncc4Cl)cc3)c2)c2ncccc2c1)S(C)(=O)=O. The molecule has 2 heterocycles. The van der Waals surface area contributed by atoms with E-state index in [2.05, 4.69) is 21.4 Å². The molecule has 0 aliphatic heterocycles. The Balaban J connectivity index is 1.43. The molecule has 0 aliphatic rings. The van der Waals surface area contributed by atoms with Gasteiger partial charge in [-0.25, -0.2) is 8.42 Å². The average Bonchev–Trinajstić information content (AvgIpc) is 2.97. The lowest BCUT2D eigenvalue weighted by Crippen LogP contribution is -2.28. The summed E-state index contributed by atoms with van der Waals surface area (Å²) >= 11 is 12.2. The third-order valence-electron chi connectivity index (χ3n) is 7.27. The molecule has 3 aromatic carbocycles. The molecular formula is C33H27Cl2N3O3S. The summed E-state index contributed by atoms with van der Waals surface area (Å²) in [7, 11) is -3.37. The van der Waals surface area contributed by atoms with Gasteiger partial charge in [-0.3, -0.25) is 14.8 Å². The Kier molecular flexibility index (Phi) is 8.19. The molecule has 1 amide bonds. The van der Waals surface area contributed by atoms with Crippen molar-refractivity contribution >= 4 is 61.6 Å². The van der Waals surface area contributed by atoms with Crippen molar-refractivity contribution < 1.29 is 13.2 Å². The van der Waals surface area contributed by atoms with Gasteiger partial charge in [-0.1, -0.05) is 71.7 Å². The van der Waals surface area contributed by atoms with Gasteiger partial charge in [0.2, 0.25) is 5.91 Å². The van der Waals surface area contributed by atoms with Crippen molar-refractivity contribution in [2.24, 2.45) is 0 Å². The van der Waals surface area contributed by atoms with Crippen molar-refractivity contribution in [3.05, 3.63) is 119 Å². The van der Waals surface area contributed by atoms with Gasteiger partial charge in [-0.05, 0) is 72.0 Å². The molecule has 0 radical (unpaired) electrons. The van der Waals surface area contributed by atoms with Crippen molar-refractivity contribution in [3.8, 4) is 22.3 Å². The van der Waals surface area contributed by atoms with Crippen LogP contribution < -0.4 is 5.32 Å². The molecule has 1 N–H and O–H groups in total. The van der Waals surface area contributed by atoms with Crippen molar-refractivity contribution in [2.45, 2.75) is 18.6 Å². The lowest BCUT2D eigenvalue weighted by Gasteiger charge is -2.24. The smallest absolute Gasteiger partial charge is 0.248 e. The highest BCUT2D eigenvalue weighted by molar-refractivity contribution is 7.91. The molecule has 5 rings (SSSR count). The molecular weight excluding hydrogens is 589 g/mol. The zero-order chi connectivity index (χ0) is 30.1. The number of amides is 1. The van der Waals surface area contributed by atoms with Crippen molar-refractivity contribution in [1.29, 1.82) is 0 Å². The second kappa shape index (κ2) is 11.7. The van der Waals surface area contributed by atoms with Crippen LogP contribution >= 0.6 is 23.2 Å². The molecule has 9 heteroatoms. The average molecular weight is 617 g/mol. The van der Waals surface area contributed by atoms with Gasteiger partial charge in [-0.15, -0.1) is 0 Å². The minimum absolute atomic E-state index is 0.255. The van der Waals surface area contributed by atoms with E-state index in [1.165, 1.54) is 24.7 Å². The Labute approximate surface area is 255 Å². The Bertz CT molecular complexity index is 1930. The lowest BCUT2D eigenvalue weighted by atomic mass is 9.92. The van der Waals surface area contributed by atoms with Gasteiger partial charge in [0.25, 0.3) is 0 Å². The van der Waals surface area contributed by atoms with Crippen LogP contribution in [0, 0.1) is 0 Å².